The minimum absolute atomic E-state index is 0.539. The molecule has 3 aliphatic rings. The zero-order chi connectivity index (χ0) is 18.3. The van der Waals surface area contributed by atoms with Crippen LogP contribution in [0.2, 0.25) is 5.02 Å². The van der Waals surface area contributed by atoms with Gasteiger partial charge in [0.1, 0.15) is 0 Å². The van der Waals surface area contributed by atoms with Crippen LogP contribution in [0.25, 0.3) is 0 Å². The number of hydrogen-bond acceptors (Lipinski definition) is 4. The molecule has 0 radical (unpaired) electrons. The van der Waals surface area contributed by atoms with Gasteiger partial charge in [0.2, 0.25) is 0 Å². The molecule has 26 heavy (non-hydrogen) atoms. The summed E-state index contributed by atoms with van der Waals surface area (Å²) in [6.07, 6.45) is 4.53. The van der Waals surface area contributed by atoms with Crippen LogP contribution in [0.4, 0.5) is 0 Å². The number of fused-ring (bicyclic) bond motifs is 1. The van der Waals surface area contributed by atoms with E-state index in [1.807, 2.05) is 12.1 Å². The number of nitrogens with zero attached hydrogens (tertiary/aromatic N) is 3. The largest absolute Gasteiger partial charge is 0.354 e. The van der Waals surface area contributed by atoms with Crippen molar-refractivity contribution in [2.45, 2.75) is 40.2 Å². The van der Waals surface area contributed by atoms with Crippen LogP contribution in [0, 0.1) is 11.8 Å². The van der Waals surface area contributed by atoms with Crippen LogP contribution in [0.5, 0.6) is 0 Å². The maximum atomic E-state index is 6.02. The number of benzene rings is 1. The lowest BCUT2D eigenvalue weighted by Crippen LogP contribution is -2.48. The predicted molar refractivity (Wildman–Crippen MR) is 107 cm³/mol. The van der Waals surface area contributed by atoms with Crippen molar-refractivity contribution in [3.63, 3.8) is 0 Å². The molecule has 1 aromatic rings. The monoisotopic (exact) mass is 370 g/mol. The molecule has 4 nitrogen and oxygen atoms in total. The van der Waals surface area contributed by atoms with Crippen molar-refractivity contribution >= 4 is 17.4 Å². The summed E-state index contributed by atoms with van der Waals surface area (Å²) < 4.78 is 0. The molecule has 0 aromatic heterocycles. The van der Waals surface area contributed by atoms with Gasteiger partial charge in [-0.05, 0) is 36.5 Å². The first-order valence-electron chi connectivity index (χ1n) is 9.60. The number of aliphatic imine (C=N–C) groups is 1. The maximum Gasteiger partial charge on any atom is 0.155 e. The molecule has 0 spiro atoms. The van der Waals surface area contributed by atoms with Gasteiger partial charge in [-0.25, -0.2) is 4.99 Å². The molecule has 138 valence electrons. The van der Waals surface area contributed by atoms with Crippen LogP contribution in [0.1, 0.15) is 39.2 Å². The van der Waals surface area contributed by atoms with Gasteiger partial charge in [-0.3, -0.25) is 0 Å². The zero-order valence-corrected chi connectivity index (χ0v) is 16.6. The Kier molecular flexibility index (Phi) is 4.70. The summed E-state index contributed by atoms with van der Waals surface area (Å²) in [5.74, 6) is 2.20. The molecule has 0 saturated heterocycles. The number of hydrogen-bond donors (Lipinski definition) is 1. The van der Waals surface area contributed by atoms with Crippen molar-refractivity contribution < 1.29 is 0 Å². The number of allylic oxidation sites excluding steroid dienone is 2. The molecule has 0 saturated carbocycles. The summed E-state index contributed by atoms with van der Waals surface area (Å²) in [6.45, 7) is 9.57. The molecule has 2 atom stereocenters. The van der Waals surface area contributed by atoms with Crippen molar-refractivity contribution in [1.29, 1.82) is 0 Å². The molecule has 0 amide bonds. The van der Waals surface area contributed by atoms with Crippen LogP contribution in [0.3, 0.4) is 0 Å². The molecular weight excluding hydrogens is 344 g/mol. The molecule has 5 heteroatoms. The first kappa shape index (κ1) is 17.5. The van der Waals surface area contributed by atoms with Crippen LogP contribution in [0.15, 0.2) is 52.5 Å². The Morgan fingerprint density at radius 3 is 2.69 bits per heavy atom. The summed E-state index contributed by atoms with van der Waals surface area (Å²) >= 11 is 6.02. The van der Waals surface area contributed by atoms with E-state index in [1.54, 1.807) is 0 Å². The van der Waals surface area contributed by atoms with E-state index >= 15 is 0 Å². The summed E-state index contributed by atoms with van der Waals surface area (Å²) in [6, 6.07) is 8.12. The second-order valence-electron chi connectivity index (χ2n) is 7.72. The van der Waals surface area contributed by atoms with Crippen molar-refractivity contribution in [2.75, 3.05) is 13.2 Å². The highest BCUT2D eigenvalue weighted by Crippen LogP contribution is 2.39. The van der Waals surface area contributed by atoms with E-state index in [4.69, 9.17) is 16.6 Å². The normalized spacial score (nSPS) is 24.8. The molecule has 2 heterocycles. The Balaban J connectivity index is 1.62. The number of nitrogens with one attached hydrogen (secondary N) is 1. The van der Waals surface area contributed by atoms with Gasteiger partial charge in [-0.15, -0.1) is 0 Å². The standard InChI is InChI=1S/C21H27ClN4/c1-4-9-26-13-25(11-16-5-7-17(22)8-6-16)12-18-21(26)24-20-15(3)10-14(2)19(20)23-18/h5-8,12,14-15,23H,4,9-11,13H2,1-3H3. The van der Waals surface area contributed by atoms with Crippen LogP contribution < -0.4 is 5.32 Å². The second-order valence-corrected chi connectivity index (χ2v) is 8.15. The average Bonchev–Trinajstić information content (AvgIpc) is 2.89. The van der Waals surface area contributed by atoms with Crippen molar-refractivity contribution in [3.8, 4) is 0 Å². The lowest BCUT2D eigenvalue weighted by atomic mass is 10.1. The first-order valence-corrected chi connectivity index (χ1v) is 9.98. The molecule has 0 fully saturated rings. The highest BCUT2D eigenvalue weighted by atomic mass is 35.5. The van der Waals surface area contributed by atoms with E-state index in [9.17, 15) is 0 Å². The Labute approximate surface area is 161 Å². The molecular formula is C21H27ClN4. The van der Waals surface area contributed by atoms with Crippen LogP contribution in [-0.2, 0) is 6.54 Å². The molecule has 0 bridgehead atoms. The maximum absolute atomic E-state index is 6.02. The van der Waals surface area contributed by atoms with Crippen molar-refractivity contribution in [1.82, 2.24) is 15.1 Å². The summed E-state index contributed by atoms with van der Waals surface area (Å²) in [7, 11) is 0. The van der Waals surface area contributed by atoms with Crippen molar-refractivity contribution in [2.24, 2.45) is 16.8 Å². The zero-order valence-electron chi connectivity index (χ0n) is 15.8. The molecule has 2 aliphatic heterocycles. The minimum atomic E-state index is 0.539. The lowest BCUT2D eigenvalue weighted by molar-refractivity contribution is 0.226. The fourth-order valence-electron chi connectivity index (χ4n) is 4.22. The van der Waals surface area contributed by atoms with Gasteiger partial charge in [0.05, 0.1) is 18.1 Å². The SMILES string of the molecule is CCCN1CN(Cc2ccc(Cl)cc2)C=C2NC3=C(N=C21)C(C)CC3C. The summed E-state index contributed by atoms with van der Waals surface area (Å²) in [4.78, 5) is 9.85. The van der Waals surface area contributed by atoms with Crippen molar-refractivity contribution in [3.05, 3.63) is 58.1 Å². The quantitative estimate of drug-likeness (QED) is 0.843. The van der Waals surface area contributed by atoms with Gasteiger partial charge in [-0.2, -0.15) is 0 Å². The van der Waals surface area contributed by atoms with Gasteiger partial charge < -0.3 is 15.1 Å². The van der Waals surface area contributed by atoms with E-state index in [0.717, 1.165) is 42.7 Å². The van der Waals surface area contributed by atoms with E-state index in [-0.39, 0.29) is 0 Å². The first-order chi connectivity index (χ1) is 12.5. The minimum Gasteiger partial charge on any atom is -0.354 e. The summed E-state index contributed by atoms with van der Waals surface area (Å²) in [5, 5.41) is 4.50. The highest BCUT2D eigenvalue weighted by Gasteiger charge is 2.35. The fraction of sp³-hybridized carbons (Fsp3) is 0.476. The van der Waals surface area contributed by atoms with Gasteiger partial charge in [0.25, 0.3) is 0 Å². The molecule has 1 aromatic carbocycles. The third-order valence-corrected chi connectivity index (χ3v) is 5.69. The van der Waals surface area contributed by atoms with E-state index in [2.05, 4.69) is 54.2 Å². The Morgan fingerprint density at radius 2 is 1.96 bits per heavy atom. The van der Waals surface area contributed by atoms with Crippen LogP contribution >= 0.6 is 11.6 Å². The van der Waals surface area contributed by atoms with Crippen LogP contribution in [-0.4, -0.2) is 28.8 Å². The molecule has 1 N–H and O–H groups in total. The molecule has 4 rings (SSSR count). The van der Waals surface area contributed by atoms with Gasteiger partial charge in [0, 0.05) is 35.9 Å². The summed E-state index contributed by atoms with van der Waals surface area (Å²) in [5.41, 5.74) is 4.98. The average molecular weight is 371 g/mol. The van der Waals surface area contributed by atoms with Gasteiger partial charge in [-0.1, -0.05) is 44.5 Å². The number of rotatable bonds is 4. The second kappa shape index (κ2) is 6.99. The smallest absolute Gasteiger partial charge is 0.155 e. The molecule has 2 unspecified atom stereocenters. The van der Waals surface area contributed by atoms with E-state index < -0.39 is 0 Å². The number of halogens is 1. The fourth-order valence-corrected chi connectivity index (χ4v) is 4.34. The Morgan fingerprint density at radius 1 is 1.19 bits per heavy atom. The third-order valence-electron chi connectivity index (χ3n) is 5.44. The predicted octanol–water partition coefficient (Wildman–Crippen LogP) is 4.56. The van der Waals surface area contributed by atoms with E-state index in [1.165, 1.54) is 23.4 Å². The topological polar surface area (TPSA) is 30.9 Å². The lowest BCUT2D eigenvalue weighted by Gasteiger charge is -2.40. The van der Waals surface area contributed by atoms with Gasteiger partial charge >= 0.3 is 0 Å². The highest BCUT2D eigenvalue weighted by molar-refractivity contribution is 6.30. The Bertz CT molecular complexity index is 778. The number of amidine groups is 1. The third kappa shape index (κ3) is 3.23. The van der Waals surface area contributed by atoms with E-state index in [0.29, 0.717) is 11.8 Å². The van der Waals surface area contributed by atoms with Gasteiger partial charge in [0.15, 0.2) is 5.84 Å². The molecule has 1 aliphatic carbocycles. The Hall–Kier alpha value is -1.94.